The average Bonchev–Trinajstić information content (AvgIpc) is 3.15. The molecule has 1 fully saturated rings. The highest BCUT2D eigenvalue weighted by Gasteiger charge is 2.53. The summed E-state index contributed by atoms with van der Waals surface area (Å²) < 4.78 is 35.4. The first-order chi connectivity index (χ1) is 23.9. The molecule has 1 aliphatic rings. The highest BCUT2D eigenvalue weighted by atomic mass is 16.7. The van der Waals surface area contributed by atoms with Gasteiger partial charge >= 0.3 is 23.9 Å². The van der Waals surface area contributed by atoms with Crippen molar-refractivity contribution < 1.29 is 47.6 Å². The minimum Gasteiger partial charge on any atom is -0.459 e. The van der Waals surface area contributed by atoms with Crippen LogP contribution in [0.5, 0.6) is 0 Å². The van der Waals surface area contributed by atoms with Crippen LogP contribution in [0.4, 0.5) is 0 Å². The smallest absolute Gasteiger partial charge is 0.338 e. The number of nitrogens with zero attached hydrogens (tertiary/aromatic N) is 3. The maximum absolute atomic E-state index is 13.6. The predicted molar refractivity (Wildman–Crippen MR) is 172 cm³/mol. The molecule has 0 bridgehead atoms. The second kappa shape index (κ2) is 17.2. The van der Waals surface area contributed by atoms with Crippen LogP contribution in [0.1, 0.15) is 41.4 Å². The fourth-order valence-electron chi connectivity index (χ4n) is 4.92. The molecule has 5 atom stereocenters. The molecule has 1 saturated heterocycles. The van der Waals surface area contributed by atoms with E-state index >= 15 is 0 Å². The molecule has 0 amide bonds. The molecule has 4 aromatic carbocycles. The molecule has 4 aromatic rings. The van der Waals surface area contributed by atoms with Gasteiger partial charge in [0, 0.05) is 11.5 Å². The lowest BCUT2D eigenvalue weighted by Gasteiger charge is -2.44. The number of carbonyl (C=O) groups is 4. The summed E-state index contributed by atoms with van der Waals surface area (Å²) >= 11 is 0. The molecule has 1 aliphatic heterocycles. The Kier molecular flexibility index (Phi) is 12.1. The van der Waals surface area contributed by atoms with E-state index in [-0.39, 0.29) is 35.4 Å². The van der Waals surface area contributed by atoms with Crippen LogP contribution in [-0.4, -0.2) is 74.3 Å². The van der Waals surface area contributed by atoms with Crippen LogP contribution in [0.25, 0.3) is 10.4 Å². The highest BCUT2D eigenvalue weighted by Crippen LogP contribution is 2.32. The number of ether oxygens (including phenoxy) is 6. The van der Waals surface area contributed by atoms with Gasteiger partial charge in [0.25, 0.3) is 0 Å². The van der Waals surface area contributed by atoms with Crippen molar-refractivity contribution in [3.63, 3.8) is 0 Å². The van der Waals surface area contributed by atoms with E-state index in [1.54, 1.807) is 84.9 Å². The molecular formula is C36H31N3O10. The molecule has 0 saturated carbocycles. The van der Waals surface area contributed by atoms with Crippen molar-refractivity contribution in [1.82, 2.24) is 0 Å². The van der Waals surface area contributed by atoms with Crippen LogP contribution in [-0.2, 0) is 28.4 Å². The summed E-state index contributed by atoms with van der Waals surface area (Å²) in [6.07, 6.45) is -7.34. The first-order valence-electron chi connectivity index (χ1n) is 15.2. The van der Waals surface area contributed by atoms with Crippen LogP contribution < -0.4 is 0 Å². The van der Waals surface area contributed by atoms with Crippen LogP contribution >= 0.6 is 0 Å². The Labute approximate surface area is 280 Å². The number of hydrogen-bond donors (Lipinski definition) is 0. The largest absolute Gasteiger partial charge is 0.459 e. The molecule has 0 aromatic heterocycles. The number of carbonyl (C=O) groups excluding carboxylic acids is 4. The molecule has 250 valence electrons. The molecule has 0 spiro atoms. The lowest BCUT2D eigenvalue weighted by molar-refractivity contribution is -0.297. The maximum Gasteiger partial charge on any atom is 0.338 e. The number of hydrogen-bond acceptors (Lipinski definition) is 11. The zero-order valence-electron chi connectivity index (χ0n) is 26.0. The summed E-state index contributed by atoms with van der Waals surface area (Å²) in [6.45, 7) is -0.807. The molecule has 1 heterocycles. The van der Waals surface area contributed by atoms with E-state index in [1.165, 1.54) is 36.4 Å². The van der Waals surface area contributed by atoms with Gasteiger partial charge in [-0.25, -0.2) is 19.2 Å². The minimum absolute atomic E-state index is 0.121. The summed E-state index contributed by atoms with van der Waals surface area (Å²) in [7, 11) is 0. The molecular weight excluding hydrogens is 634 g/mol. The topological polar surface area (TPSA) is 172 Å². The number of rotatable bonds is 13. The lowest BCUT2D eigenvalue weighted by atomic mass is 9.97. The second-order valence-electron chi connectivity index (χ2n) is 10.5. The zero-order chi connectivity index (χ0) is 34.4. The van der Waals surface area contributed by atoms with E-state index in [4.69, 9.17) is 34.0 Å². The molecule has 13 nitrogen and oxygen atoms in total. The van der Waals surface area contributed by atoms with Gasteiger partial charge in [-0.3, -0.25) is 0 Å². The standard InChI is InChI=1S/C36H31N3O10/c37-39-38-21-22-44-36-31(49-35(43)27-19-11-4-12-20-27)30(48-34(42)26-17-9-3-10-18-26)29(47-33(41)25-15-7-2-8-16-25)28(46-36)23-45-32(40)24-13-5-1-6-14-24/h1-20,28-31,36H,21-23H2/t28-,29-,30+,31-,36+/m1/s1. The fourth-order valence-corrected chi connectivity index (χ4v) is 4.92. The van der Waals surface area contributed by atoms with Gasteiger partial charge in [0.2, 0.25) is 0 Å². The molecule has 0 aliphatic carbocycles. The van der Waals surface area contributed by atoms with Crippen molar-refractivity contribution >= 4 is 23.9 Å². The van der Waals surface area contributed by atoms with Crippen LogP contribution in [0.3, 0.4) is 0 Å². The summed E-state index contributed by atoms with van der Waals surface area (Å²) in [6, 6.07) is 32.3. The van der Waals surface area contributed by atoms with Gasteiger partial charge in [0.05, 0.1) is 28.9 Å². The monoisotopic (exact) mass is 665 g/mol. The third-order valence-electron chi connectivity index (χ3n) is 7.27. The van der Waals surface area contributed by atoms with Crippen LogP contribution in [0, 0.1) is 0 Å². The van der Waals surface area contributed by atoms with Crippen LogP contribution in [0.15, 0.2) is 126 Å². The van der Waals surface area contributed by atoms with Crippen molar-refractivity contribution in [3.05, 3.63) is 154 Å². The summed E-state index contributed by atoms with van der Waals surface area (Å²) in [5, 5.41) is 3.47. The van der Waals surface area contributed by atoms with Gasteiger partial charge in [-0.2, -0.15) is 0 Å². The molecule has 49 heavy (non-hydrogen) atoms. The van der Waals surface area contributed by atoms with E-state index in [0.717, 1.165) is 0 Å². The van der Waals surface area contributed by atoms with E-state index in [2.05, 4.69) is 10.0 Å². The fraction of sp³-hybridized carbons (Fsp3) is 0.222. The van der Waals surface area contributed by atoms with Gasteiger partial charge < -0.3 is 28.4 Å². The van der Waals surface area contributed by atoms with Crippen molar-refractivity contribution in [2.75, 3.05) is 19.8 Å². The van der Waals surface area contributed by atoms with Crippen LogP contribution in [0.2, 0.25) is 0 Å². The predicted octanol–water partition coefficient (Wildman–Crippen LogP) is 5.57. The van der Waals surface area contributed by atoms with E-state index in [0.29, 0.717) is 0 Å². The average molecular weight is 666 g/mol. The first-order valence-corrected chi connectivity index (χ1v) is 15.2. The SMILES string of the molecule is [N-]=[N+]=NCCO[C@H]1O[C@H](COC(=O)c2ccccc2)[C@@H](OC(=O)c2ccccc2)[C@H](OC(=O)c2ccccc2)[C@H]1OC(=O)c1ccccc1. The van der Waals surface area contributed by atoms with Crippen molar-refractivity contribution in [2.24, 2.45) is 5.11 Å². The Morgan fingerprint density at radius 1 is 0.592 bits per heavy atom. The third-order valence-corrected chi connectivity index (χ3v) is 7.27. The van der Waals surface area contributed by atoms with E-state index in [1.807, 2.05) is 0 Å². The summed E-state index contributed by atoms with van der Waals surface area (Å²) in [4.78, 5) is 56.1. The van der Waals surface area contributed by atoms with E-state index in [9.17, 15) is 19.2 Å². The third kappa shape index (κ3) is 9.30. The van der Waals surface area contributed by atoms with Gasteiger partial charge in [-0.1, -0.05) is 77.9 Å². The minimum atomic E-state index is -1.55. The normalized spacial score (nSPS) is 19.8. The van der Waals surface area contributed by atoms with Gasteiger partial charge in [0.15, 0.2) is 24.6 Å². The van der Waals surface area contributed by atoms with Gasteiger partial charge in [-0.15, -0.1) is 0 Å². The van der Waals surface area contributed by atoms with Crippen molar-refractivity contribution in [3.8, 4) is 0 Å². The number of benzene rings is 4. The molecule has 0 unspecified atom stereocenters. The van der Waals surface area contributed by atoms with Crippen molar-refractivity contribution in [2.45, 2.75) is 30.7 Å². The van der Waals surface area contributed by atoms with Crippen molar-refractivity contribution in [1.29, 1.82) is 0 Å². The second-order valence-corrected chi connectivity index (χ2v) is 10.5. The van der Waals surface area contributed by atoms with E-state index < -0.39 is 61.2 Å². The van der Waals surface area contributed by atoms with Gasteiger partial charge in [0.1, 0.15) is 12.7 Å². The summed E-state index contributed by atoms with van der Waals surface area (Å²) in [5.74, 6) is -3.17. The lowest BCUT2D eigenvalue weighted by Crippen LogP contribution is -2.63. The molecule has 0 N–H and O–H groups in total. The Bertz CT molecular complexity index is 1750. The first kappa shape index (κ1) is 34.3. The number of azide groups is 1. The maximum atomic E-state index is 13.6. The Hall–Kier alpha value is -6.01. The zero-order valence-corrected chi connectivity index (χ0v) is 26.0. The Balaban J connectivity index is 1.54. The molecule has 0 radical (unpaired) electrons. The number of esters is 4. The molecule has 5 rings (SSSR count). The Morgan fingerprint density at radius 3 is 1.45 bits per heavy atom. The quantitative estimate of drug-likeness (QED) is 0.0439. The van der Waals surface area contributed by atoms with Gasteiger partial charge in [-0.05, 0) is 54.1 Å². The summed E-state index contributed by atoms with van der Waals surface area (Å²) in [5.41, 5.74) is 9.51. The highest BCUT2D eigenvalue weighted by molar-refractivity contribution is 5.91. The Morgan fingerprint density at radius 2 is 1.00 bits per heavy atom. The molecule has 13 heteroatoms.